The molecule has 2 N–H and O–H groups in total. The van der Waals surface area contributed by atoms with Crippen LogP contribution in [0.2, 0.25) is 0 Å². The summed E-state index contributed by atoms with van der Waals surface area (Å²) in [6, 6.07) is 19.3. The molecule has 2 aromatic rings. The zero-order valence-corrected chi connectivity index (χ0v) is 12.2. The van der Waals surface area contributed by atoms with E-state index in [2.05, 4.69) is 53.4 Å². The summed E-state index contributed by atoms with van der Waals surface area (Å²) in [5.41, 5.74) is 8.45. The predicted molar refractivity (Wildman–Crippen MR) is 85.2 cm³/mol. The van der Waals surface area contributed by atoms with Gasteiger partial charge < -0.3 is 10.5 Å². The highest BCUT2D eigenvalue weighted by atomic mass is 16.5. The highest BCUT2D eigenvalue weighted by Gasteiger charge is 2.26. The third-order valence-electron chi connectivity index (χ3n) is 4.01. The van der Waals surface area contributed by atoms with E-state index < -0.39 is 0 Å². The number of ether oxygens (including phenoxy) is 1. The van der Waals surface area contributed by atoms with Crippen molar-refractivity contribution in [3.8, 4) is 5.75 Å². The lowest BCUT2D eigenvalue weighted by atomic mass is 9.98. The van der Waals surface area contributed by atoms with Gasteiger partial charge in [0.15, 0.2) is 0 Å². The van der Waals surface area contributed by atoms with Crippen molar-refractivity contribution < 1.29 is 4.74 Å². The van der Waals surface area contributed by atoms with Crippen LogP contribution in [0.5, 0.6) is 5.75 Å². The summed E-state index contributed by atoms with van der Waals surface area (Å²) < 4.78 is 5.77. The van der Waals surface area contributed by atoms with Gasteiger partial charge in [-0.05, 0) is 11.6 Å². The Hall–Kier alpha value is -1.84. The van der Waals surface area contributed by atoms with Gasteiger partial charge in [-0.15, -0.1) is 0 Å². The van der Waals surface area contributed by atoms with E-state index in [4.69, 9.17) is 10.5 Å². The molecule has 1 aliphatic rings. The molecule has 1 unspecified atom stereocenters. The van der Waals surface area contributed by atoms with Crippen molar-refractivity contribution in [2.45, 2.75) is 19.0 Å². The SMILES string of the molecule is NCCN(Cc1ccccc1)C1CCOc2ccccc21. The van der Waals surface area contributed by atoms with Gasteiger partial charge in [-0.2, -0.15) is 0 Å². The summed E-state index contributed by atoms with van der Waals surface area (Å²) in [5.74, 6) is 1.02. The third kappa shape index (κ3) is 3.26. The Morgan fingerprint density at radius 1 is 1.05 bits per heavy atom. The van der Waals surface area contributed by atoms with Gasteiger partial charge in [0.1, 0.15) is 5.75 Å². The molecule has 0 saturated carbocycles. The van der Waals surface area contributed by atoms with Gasteiger partial charge in [0, 0.05) is 37.7 Å². The van der Waals surface area contributed by atoms with Crippen LogP contribution in [0, 0.1) is 0 Å². The summed E-state index contributed by atoms with van der Waals surface area (Å²) in [4.78, 5) is 2.47. The normalized spacial score (nSPS) is 17.3. The monoisotopic (exact) mass is 282 g/mol. The molecule has 0 fully saturated rings. The summed E-state index contributed by atoms with van der Waals surface area (Å²) >= 11 is 0. The highest BCUT2D eigenvalue weighted by Crippen LogP contribution is 2.36. The average Bonchev–Trinajstić information content (AvgIpc) is 2.55. The van der Waals surface area contributed by atoms with E-state index in [1.54, 1.807) is 0 Å². The highest BCUT2D eigenvalue weighted by molar-refractivity contribution is 5.37. The Labute approximate surface area is 126 Å². The number of rotatable bonds is 5. The van der Waals surface area contributed by atoms with E-state index in [0.29, 0.717) is 12.6 Å². The van der Waals surface area contributed by atoms with Crippen molar-refractivity contribution in [2.75, 3.05) is 19.7 Å². The van der Waals surface area contributed by atoms with Gasteiger partial charge in [0.05, 0.1) is 6.61 Å². The molecule has 0 amide bonds. The molecular weight excluding hydrogens is 260 g/mol. The molecule has 0 spiro atoms. The molecule has 3 rings (SSSR count). The molecule has 0 saturated heterocycles. The topological polar surface area (TPSA) is 38.5 Å². The molecule has 0 radical (unpaired) electrons. The Morgan fingerprint density at radius 2 is 1.81 bits per heavy atom. The van der Waals surface area contributed by atoms with Crippen LogP contribution >= 0.6 is 0 Å². The second kappa shape index (κ2) is 6.74. The van der Waals surface area contributed by atoms with Crippen LogP contribution in [0.25, 0.3) is 0 Å². The van der Waals surface area contributed by atoms with Gasteiger partial charge >= 0.3 is 0 Å². The number of fused-ring (bicyclic) bond motifs is 1. The van der Waals surface area contributed by atoms with Gasteiger partial charge in [-0.25, -0.2) is 0 Å². The van der Waals surface area contributed by atoms with Crippen molar-refractivity contribution in [1.29, 1.82) is 0 Å². The molecule has 0 aliphatic carbocycles. The average molecular weight is 282 g/mol. The van der Waals surface area contributed by atoms with Crippen LogP contribution in [0.4, 0.5) is 0 Å². The lowest BCUT2D eigenvalue weighted by molar-refractivity contribution is 0.136. The van der Waals surface area contributed by atoms with E-state index in [-0.39, 0.29) is 0 Å². The Balaban J connectivity index is 1.84. The number of nitrogens with two attached hydrogens (primary N) is 1. The Morgan fingerprint density at radius 3 is 2.62 bits per heavy atom. The fourth-order valence-electron chi connectivity index (χ4n) is 3.03. The van der Waals surface area contributed by atoms with Crippen LogP contribution in [-0.4, -0.2) is 24.6 Å². The largest absolute Gasteiger partial charge is 0.493 e. The molecule has 1 atom stereocenters. The van der Waals surface area contributed by atoms with Crippen molar-refractivity contribution in [2.24, 2.45) is 5.73 Å². The first-order valence-electron chi connectivity index (χ1n) is 7.58. The smallest absolute Gasteiger partial charge is 0.124 e. The standard InChI is InChI=1S/C18H22N2O/c19-11-12-20(14-15-6-2-1-3-7-15)17-10-13-21-18-9-5-4-8-16(17)18/h1-9,17H,10-14,19H2. The fraction of sp³-hybridized carbons (Fsp3) is 0.333. The molecule has 3 nitrogen and oxygen atoms in total. The number of benzene rings is 2. The molecule has 21 heavy (non-hydrogen) atoms. The van der Waals surface area contributed by atoms with Crippen LogP contribution in [0.15, 0.2) is 54.6 Å². The van der Waals surface area contributed by atoms with Crippen molar-refractivity contribution in [3.63, 3.8) is 0 Å². The minimum absolute atomic E-state index is 0.388. The minimum atomic E-state index is 0.388. The number of para-hydroxylation sites is 1. The molecule has 1 aliphatic heterocycles. The first-order valence-corrected chi connectivity index (χ1v) is 7.58. The first-order chi connectivity index (χ1) is 10.4. The Bertz CT molecular complexity index is 570. The van der Waals surface area contributed by atoms with E-state index in [1.807, 2.05) is 6.07 Å². The van der Waals surface area contributed by atoms with E-state index >= 15 is 0 Å². The molecular formula is C18H22N2O. The maximum atomic E-state index is 5.84. The Kier molecular flexibility index (Phi) is 4.53. The summed E-state index contributed by atoms with van der Waals surface area (Å²) in [5, 5.41) is 0. The van der Waals surface area contributed by atoms with Crippen LogP contribution in [-0.2, 0) is 6.54 Å². The second-order valence-electron chi connectivity index (χ2n) is 5.44. The van der Waals surface area contributed by atoms with Gasteiger partial charge in [0.2, 0.25) is 0 Å². The minimum Gasteiger partial charge on any atom is -0.493 e. The second-order valence-corrected chi connectivity index (χ2v) is 5.44. The van der Waals surface area contributed by atoms with Crippen LogP contribution in [0.3, 0.4) is 0 Å². The molecule has 110 valence electrons. The molecule has 0 aromatic heterocycles. The molecule has 3 heteroatoms. The summed E-state index contributed by atoms with van der Waals surface area (Å²) in [7, 11) is 0. The van der Waals surface area contributed by atoms with E-state index in [0.717, 1.165) is 31.9 Å². The van der Waals surface area contributed by atoms with E-state index in [1.165, 1.54) is 11.1 Å². The molecule has 2 aromatic carbocycles. The van der Waals surface area contributed by atoms with Gasteiger partial charge in [-0.1, -0.05) is 48.5 Å². The van der Waals surface area contributed by atoms with E-state index in [9.17, 15) is 0 Å². The third-order valence-corrected chi connectivity index (χ3v) is 4.01. The lowest BCUT2D eigenvalue weighted by Crippen LogP contribution is -2.35. The quantitative estimate of drug-likeness (QED) is 0.916. The summed E-state index contributed by atoms with van der Waals surface area (Å²) in [6.45, 7) is 3.27. The van der Waals surface area contributed by atoms with Gasteiger partial charge in [-0.3, -0.25) is 4.90 Å². The zero-order chi connectivity index (χ0) is 14.5. The number of hydrogen-bond donors (Lipinski definition) is 1. The lowest BCUT2D eigenvalue weighted by Gasteiger charge is -2.35. The maximum Gasteiger partial charge on any atom is 0.124 e. The molecule has 0 bridgehead atoms. The van der Waals surface area contributed by atoms with Crippen molar-refractivity contribution in [1.82, 2.24) is 4.90 Å². The van der Waals surface area contributed by atoms with Crippen molar-refractivity contribution >= 4 is 0 Å². The van der Waals surface area contributed by atoms with Crippen molar-refractivity contribution in [3.05, 3.63) is 65.7 Å². The first kappa shape index (κ1) is 14.1. The fourth-order valence-corrected chi connectivity index (χ4v) is 3.03. The van der Waals surface area contributed by atoms with Gasteiger partial charge in [0.25, 0.3) is 0 Å². The number of hydrogen-bond acceptors (Lipinski definition) is 3. The summed E-state index contributed by atoms with van der Waals surface area (Å²) in [6.07, 6.45) is 1.02. The van der Waals surface area contributed by atoms with Crippen LogP contribution in [0.1, 0.15) is 23.6 Å². The molecule has 1 heterocycles. The number of nitrogens with zero attached hydrogens (tertiary/aromatic N) is 1. The van der Waals surface area contributed by atoms with Crippen LogP contribution < -0.4 is 10.5 Å². The zero-order valence-electron chi connectivity index (χ0n) is 12.2. The predicted octanol–water partition coefficient (Wildman–Crippen LogP) is 2.97. The maximum absolute atomic E-state index is 5.84.